The molecule has 4 nitrogen and oxygen atoms in total. The zero-order valence-electron chi connectivity index (χ0n) is 15.8. The van der Waals surface area contributed by atoms with Gasteiger partial charge in [0, 0.05) is 6.54 Å². The molecule has 1 aromatic carbocycles. The zero-order valence-corrected chi connectivity index (χ0v) is 17.8. The van der Waals surface area contributed by atoms with Gasteiger partial charge in [-0.15, -0.1) is 0 Å². The summed E-state index contributed by atoms with van der Waals surface area (Å²) in [6.45, 7) is 16.0. The van der Waals surface area contributed by atoms with Gasteiger partial charge in [0.15, 0.2) is 0 Å². The summed E-state index contributed by atoms with van der Waals surface area (Å²) in [6.07, 6.45) is 1.90. The normalized spacial score (nSPS) is 15.4. The molecule has 1 aliphatic heterocycles. The molecule has 0 atom stereocenters. The first-order valence-electron chi connectivity index (χ1n) is 8.76. The maximum Gasteiger partial charge on any atom is 0.261 e. The third-order valence-electron chi connectivity index (χ3n) is 4.51. The highest BCUT2D eigenvalue weighted by Crippen LogP contribution is 2.24. The van der Waals surface area contributed by atoms with Crippen LogP contribution in [0.1, 0.15) is 33.6 Å². The average Bonchev–Trinajstić information content (AvgIpc) is 2.69. The molecule has 1 aliphatic rings. The molecular formula is C18H30N2O2Si2. The number of fused-ring (bicyclic) bond motifs is 1. The molecule has 0 saturated heterocycles. The number of carbonyl (C=O) groups excluding carboxylic acids is 2. The fourth-order valence-electron chi connectivity index (χ4n) is 3.66. The van der Waals surface area contributed by atoms with Gasteiger partial charge in [-0.3, -0.25) is 14.5 Å². The molecule has 0 radical (unpaired) electrons. The van der Waals surface area contributed by atoms with E-state index in [0.29, 0.717) is 17.7 Å². The zero-order chi connectivity index (χ0) is 18.1. The van der Waals surface area contributed by atoms with E-state index in [9.17, 15) is 9.59 Å². The summed E-state index contributed by atoms with van der Waals surface area (Å²) < 4.78 is 2.75. The second-order valence-corrected chi connectivity index (χ2v) is 18.7. The van der Waals surface area contributed by atoms with Crippen LogP contribution in [0.25, 0.3) is 0 Å². The Morgan fingerprint density at radius 2 is 1.29 bits per heavy atom. The molecule has 2 amide bonds. The van der Waals surface area contributed by atoms with Gasteiger partial charge in [0.2, 0.25) is 0 Å². The van der Waals surface area contributed by atoms with Crippen LogP contribution in [-0.2, 0) is 0 Å². The maximum atomic E-state index is 12.4. The number of benzene rings is 1. The molecular weight excluding hydrogens is 332 g/mol. The molecule has 0 unspecified atom stereocenters. The van der Waals surface area contributed by atoms with Crippen molar-refractivity contribution in [3.63, 3.8) is 0 Å². The van der Waals surface area contributed by atoms with Crippen LogP contribution in [0.3, 0.4) is 0 Å². The van der Waals surface area contributed by atoms with Crippen LogP contribution in [0.2, 0.25) is 39.3 Å². The number of rotatable bonds is 7. The number of nitrogens with zero attached hydrogens (tertiary/aromatic N) is 2. The minimum atomic E-state index is -1.33. The fraction of sp³-hybridized carbons (Fsp3) is 0.556. The molecule has 0 aromatic heterocycles. The maximum absolute atomic E-state index is 12.4. The molecule has 0 N–H and O–H groups in total. The van der Waals surface area contributed by atoms with E-state index in [1.165, 1.54) is 4.90 Å². The van der Waals surface area contributed by atoms with Gasteiger partial charge >= 0.3 is 0 Å². The van der Waals surface area contributed by atoms with Crippen molar-refractivity contribution in [2.45, 2.75) is 52.1 Å². The highest BCUT2D eigenvalue weighted by molar-refractivity contribution is 6.89. The molecule has 0 bridgehead atoms. The van der Waals surface area contributed by atoms with E-state index >= 15 is 0 Å². The summed E-state index contributed by atoms with van der Waals surface area (Å²) in [6, 6.07) is 7.11. The quantitative estimate of drug-likeness (QED) is 0.418. The summed E-state index contributed by atoms with van der Waals surface area (Å²) in [4.78, 5) is 26.1. The predicted molar refractivity (Wildman–Crippen MR) is 104 cm³/mol. The van der Waals surface area contributed by atoms with Gasteiger partial charge in [-0.05, 0) is 31.5 Å². The van der Waals surface area contributed by atoms with Crippen molar-refractivity contribution in [1.29, 1.82) is 0 Å². The standard InChI is InChI=1S/C18H30N2O2Si2/c1-23(2,3)20(24(4,5)6)14-10-9-13-19-17(21)15-11-7-8-12-16(15)18(19)22/h7-8,11-12H,9-10,13-14H2,1-6H3. The van der Waals surface area contributed by atoms with E-state index in [1.54, 1.807) is 12.1 Å². The smallest absolute Gasteiger partial charge is 0.261 e. The molecule has 0 spiro atoms. The SMILES string of the molecule is C[Si](C)(C)N(CCCCN1C(=O)c2ccccc2C1=O)[Si](C)(C)C. The molecule has 6 heteroatoms. The Bertz CT molecular complexity index is 584. The van der Waals surface area contributed by atoms with Gasteiger partial charge in [0.1, 0.15) is 16.5 Å². The van der Waals surface area contributed by atoms with Crippen LogP contribution in [0, 0.1) is 0 Å². The predicted octanol–water partition coefficient (Wildman–Crippen LogP) is 4.03. The first kappa shape index (κ1) is 19.1. The highest BCUT2D eigenvalue weighted by atomic mass is 28.4. The number of hydrogen-bond acceptors (Lipinski definition) is 3. The fourth-order valence-corrected chi connectivity index (χ4v) is 13.4. The number of hydrogen-bond donors (Lipinski definition) is 0. The summed E-state index contributed by atoms with van der Waals surface area (Å²) in [5, 5.41) is 0. The Kier molecular flexibility index (Phi) is 5.52. The van der Waals surface area contributed by atoms with Crippen molar-refractivity contribution in [3.05, 3.63) is 35.4 Å². The lowest BCUT2D eigenvalue weighted by molar-refractivity contribution is 0.0651. The van der Waals surface area contributed by atoms with E-state index in [1.807, 2.05) is 12.1 Å². The Morgan fingerprint density at radius 3 is 1.71 bits per heavy atom. The highest BCUT2D eigenvalue weighted by Gasteiger charge is 2.35. The van der Waals surface area contributed by atoms with Crippen LogP contribution in [-0.4, -0.2) is 50.5 Å². The molecule has 2 rings (SSSR count). The minimum absolute atomic E-state index is 0.136. The Hall–Kier alpha value is -1.25. The van der Waals surface area contributed by atoms with Gasteiger partial charge in [-0.25, -0.2) is 0 Å². The van der Waals surface area contributed by atoms with Crippen LogP contribution in [0.15, 0.2) is 24.3 Å². The third-order valence-corrected chi connectivity index (χ3v) is 12.2. The second kappa shape index (κ2) is 6.94. The van der Waals surface area contributed by atoms with Crippen LogP contribution >= 0.6 is 0 Å². The third kappa shape index (κ3) is 4.04. The van der Waals surface area contributed by atoms with E-state index in [4.69, 9.17) is 0 Å². The minimum Gasteiger partial charge on any atom is -0.346 e. The number of carbonyl (C=O) groups is 2. The lowest BCUT2D eigenvalue weighted by Gasteiger charge is -2.43. The molecule has 24 heavy (non-hydrogen) atoms. The molecule has 1 heterocycles. The van der Waals surface area contributed by atoms with Crippen molar-refractivity contribution in [1.82, 2.24) is 9.13 Å². The topological polar surface area (TPSA) is 40.6 Å². The Labute approximate surface area is 148 Å². The summed E-state index contributed by atoms with van der Waals surface area (Å²) in [5.74, 6) is -0.273. The van der Waals surface area contributed by atoms with E-state index < -0.39 is 16.5 Å². The van der Waals surface area contributed by atoms with Crippen molar-refractivity contribution >= 4 is 28.3 Å². The molecule has 0 saturated carbocycles. The van der Waals surface area contributed by atoms with E-state index in [2.05, 4.69) is 43.5 Å². The summed E-state index contributed by atoms with van der Waals surface area (Å²) in [7, 11) is -2.67. The van der Waals surface area contributed by atoms with E-state index in [0.717, 1.165) is 19.4 Å². The lowest BCUT2D eigenvalue weighted by atomic mass is 10.1. The summed E-state index contributed by atoms with van der Waals surface area (Å²) >= 11 is 0. The number of imide groups is 1. The van der Waals surface area contributed by atoms with Gasteiger partial charge < -0.3 is 4.23 Å². The average molecular weight is 363 g/mol. The lowest BCUT2D eigenvalue weighted by Crippen LogP contribution is -2.59. The van der Waals surface area contributed by atoms with Crippen LogP contribution in [0.5, 0.6) is 0 Å². The van der Waals surface area contributed by atoms with Gasteiger partial charge in [0.25, 0.3) is 11.8 Å². The first-order chi connectivity index (χ1) is 11.0. The van der Waals surface area contributed by atoms with Crippen molar-refractivity contribution in [2.24, 2.45) is 0 Å². The van der Waals surface area contributed by atoms with Crippen molar-refractivity contribution in [2.75, 3.05) is 13.1 Å². The van der Waals surface area contributed by atoms with E-state index in [-0.39, 0.29) is 11.8 Å². The van der Waals surface area contributed by atoms with Crippen molar-refractivity contribution < 1.29 is 9.59 Å². The van der Waals surface area contributed by atoms with Crippen LogP contribution in [0.4, 0.5) is 0 Å². The molecule has 1 aromatic rings. The molecule has 0 fully saturated rings. The van der Waals surface area contributed by atoms with Crippen LogP contribution < -0.4 is 0 Å². The Morgan fingerprint density at radius 1 is 0.833 bits per heavy atom. The second-order valence-electron chi connectivity index (χ2n) is 8.51. The first-order valence-corrected chi connectivity index (χ1v) is 15.7. The molecule has 0 aliphatic carbocycles. The number of unbranched alkanes of at least 4 members (excludes halogenated alkanes) is 1. The summed E-state index contributed by atoms with van der Waals surface area (Å²) in [5.41, 5.74) is 1.10. The van der Waals surface area contributed by atoms with Crippen molar-refractivity contribution in [3.8, 4) is 0 Å². The monoisotopic (exact) mass is 362 g/mol. The van der Waals surface area contributed by atoms with Gasteiger partial charge in [-0.2, -0.15) is 0 Å². The van der Waals surface area contributed by atoms with Gasteiger partial charge in [0.05, 0.1) is 11.1 Å². The Balaban J connectivity index is 1.92. The molecule has 132 valence electrons. The number of amides is 2. The largest absolute Gasteiger partial charge is 0.346 e. The van der Waals surface area contributed by atoms with Gasteiger partial charge in [-0.1, -0.05) is 51.4 Å².